The van der Waals surface area contributed by atoms with Crippen molar-refractivity contribution in [1.29, 1.82) is 0 Å². The van der Waals surface area contributed by atoms with Crippen LogP contribution in [0.1, 0.15) is 181 Å². The second-order valence-corrected chi connectivity index (χ2v) is 20.4. The molecular weight excluding hydrogens is 951 g/mol. The Bertz CT molecular complexity index is 1440. The van der Waals surface area contributed by atoms with Crippen LogP contribution in [0, 0.1) is 0 Å². The number of allylic oxidation sites excluding steroid dienone is 4. The van der Waals surface area contributed by atoms with E-state index in [0.717, 1.165) is 64.2 Å². The Balaban J connectivity index is 1.40. The maximum atomic E-state index is 13.2. The van der Waals surface area contributed by atoms with E-state index in [-0.39, 0.29) is 18.9 Å². The number of aliphatic hydroxyl groups excluding tert-OH is 11. The van der Waals surface area contributed by atoms with Crippen molar-refractivity contribution in [2.45, 2.75) is 285 Å². The summed E-state index contributed by atoms with van der Waals surface area (Å²) in [5, 5.41) is 119. The average molecular weight is 1050 g/mol. The first-order valence-electron chi connectivity index (χ1n) is 28.1. The van der Waals surface area contributed by atoms with Gasteiger partial charge in [-0.25, -0.2) is 0 Å². The summed E-state index contributed by atoms with van der Waals surface area (Å²) in [6.45, 7) is 1.65. The first-order chi connectivity index (χ1) is 35.3. The van der Waals surface area contributed by atoms with E-state index in [1.54, 1.807) is 0 Å². The van der Waals surface area contributed by atoms with Gasteiger partial charge in [0.2, 0.25) is 5.91 Å². The molecule has 3 rings (SSSR count). The second-order valence-electron chi connectivity index (χ2n) is 20.4. The van der Waals surface area contributed by atoms with Crippen molar-refractivity contribution in [3.05, 3.63) is 24.3 Å². The molecular formula is C54H99NO18. The molecule has 1 amide bonds. The highest BCUT2D eigenvalue weighted by molar-refractivity contribution is 5.76. The van der Waals surface area contributed by atoms with E-state index >= 15 is 0 Å². The normalized spacial score (nSPS) is 31.9. The first-order valence-corrected chi connectivity index (χ1v) is 28.1. The topological polar surface area (TPSA) is 307 Å². The van der Waals surface area contributed by atoms with Crippen LogP contribution in [-0.4, -0.2) is 193 Å². The minimum atomic E-state index is -1.97. The lowest BCUT2D eigenvalue weighted by molar-refractivity contribution is -0.379. The SMILES string of the molecule is CCCCCCC/C=C\C/C=C\CCCCCCCCCCCCCC(=O)NC(COC1OC(CO)C(OC2OC(CO)C(OC3OC(CO)C(O)C(O)C3O)C(O)C2O)C(O)C1O)C(O)CCCCCCC. The first kappa shape index (κ1) is 65.6. The molecule has 0 aromatic heterocycles. The van der Waals surface area contributed by atoms with Gasteiger partial charge < -0.3 is 89.9 Å². The zero-order chi connectivity index (χ0) is 53.4. The molecule has 3 fully saturated rings. The quantitative estimate of drug-likeness (QED) is 0.0308. The monoisotopic (exact) mass is 1050 g/mol. The van der Waals surface area contributed by atoms with E-state index in [1.165, 1.54) is 83.5 Å². The number of ether oxygens (including phenoxy) is 6. The molecule has 19 nitrogen and oxygen atoms in total. The van der Waals surface area contributed by atoms with Crippen LogP contribution in [0.2, 0.25) is 0 Å². The molecule has 12 N–H and O–H groups in total. The number of aliphatic hydroxyl groups is 11. The predicted molar refractivity (Wildman–Crippen MR) is 273 cm³/mol. The van der Waals surface area contributed by atoms with E-state index in [1.807, 2.05) is 0 Å². The molecule has 73 heavy (non-hydrogen) atoms. The van der Waals surface area contributed by atoms with E-state index in [4.69, 9.17) is 28.4 Å². The summed E-state index contributed by atoms with van der Waals surface area (Å²) >= 11 is 0. The Morgan fingerprint density at radius 1 is 0.493 bits per heavy atom. The molecule has 3 heterocycles. The molecule has 0 bridgehead atoms. The van der Waals surface area contributed by atoms with Gasteiger partial charge in [-0.3, -0.25) is 4.79 Å². The van der Waals surface area contributed by atoms with E-state index in [2.05, 4.69) is 43.5 Å². The van der Waals surface area contributed by atoms with Crippen LogP contribution in [0.25, 0.3) is 0 Å². The van der Waals surface area contributed by atoms with E-state index in [0.29, 0.717) is 12.8 Å². The predicted octanol–water partition coefficient (Wildman–Crippen LogP) is 3.59. The molecule has 0 radical (unpaired) electrons. The third-order valence-electron chi connectivity index (χ3n) is 14.3. The maximum Gasteiger partial charge on any atom is 0.220 e. The highest BCUT2D eigenvalue weighted by Gasteiger charge is 2.53. The lowest BCUT2D eigenvalue weighted by Gasteiger charge is -2.48. The van der Waals surface area contributed by atoms with Crippen molar-refractivity contribution in [2.75, 3.05) is 26.4 Å². The van der Waals surface area contributed by atoms with Crippen molar-refractivity contribution in [2.24, 2.45) is 0 Å². The van der Waals surface area contributed by atoms with Crippen molar-refractivity contribution in [1.82, 2.24) is 5.32 Å². The maximum absolute atomic E-state index is 13.2. The number of hydrogen-bond donors (Lipinski definition) is 12. The number of hydrogen-bond acceptors (Lipinski definition) is 18. The van der Waals surface area contributed by atoms with Gasteiger partial charge in [-0.2, -0.15) is 0 Å². The molecule has 3 aliphatic heterocycles. The van der Waals surface area contributed by atoms with Gasteiger partial charge >= 0.3 is 0 Å². The fraction of sp³-hybridized carbons (Fsp3) is 0.907. The highest BCUT2D eigenvalue weighted by atomic mass is 16.8. The van der Waals surface area contributed by atoms with E-state index < -0.39 is 124 Å². The molecule has 428 valence electrons. The molecule has 0 aromatic rings. The zero-order valence-electron chi connectivity index (χ0n) is 44.1. The van der Waals surface area contributed by atoms with Gasteiger partial charge in [0.1, 0.15) is 73.2 Å². The Morgan fingerprint density at radius 3 is 1.40 bits per heavy atom. The summed E-state index contributed by atoms with van der Waals surface area (Å²) < 4.78 is 34.1. The van der Waals surface area contributed by atoms with Gasteiger partial charge in [0.25, 0.3) is 0 Å². The number of amides is 1. The smallest absolute Gasteiger partial charge is 0.220 e. The number of unbranched alkanes of at least 4 members (excludes halogenated alkanes) is 20. The van der Waals surface area contributed by atoms with Gasteiger partial charge in [0, 0.05) is 6.42 Å². The minimum absolute atomic E-state index is 0.253. The lowest BCUT2D eigenvalue weighted by atomic mass is 9.96. The molecule has 17 atom stereocenters. The standard InChI is InChI=1S/C54H99NO18/c1-3-5-7-9-10-11-12-13-14-15-16-17-18-19-20-21-22-23-24-25-26-28-30-32-42(60)55-37(38(59)31-29-27-8-6-4-2)36-68-52-48(66)45(63)50(40(34-57)70-52)73-54-49(67)46(64)51(41(35-58)71-54)72-53-47(65)44(62)43(61)39(33-56)69-53/h12-13,15-16,37-41,43-54,56-59,61-67H,3-11,14,17-36H2,1-2H3,(H,55,60)/b13-12-,16-15-. The molecule has 0 spiro atoms. The van der Waals surface area contributed by atoms with Crippen molar-refractivity contribution in [3.63, 3.8) is 0 Å². The summed E-state index contributed by atoms with van der Waals surface area (Å²) in [5.74, 6) is -0.253. The van der Waals surface area contributed by atoms with Crippen LogP contribution in [-0.2, 0) is 33.2 Å². The summed E-state index contributed by atoms with van der Waals surface area (Å²) in [6, 6.07) is -0.882. The van der Waals surface area contributed by atoms with Crippen LogP contribution in [0.15, 0.2) is 24.3 Å². The molecule has 0 aromatic carbocycles. The second kappa shape index (κ2) is 38.8. The van der Waals surface area contributed by atoms with Crippen molar-refractivity contribution in [3.8, 4) is 0 Å². The van der Waals surface area contributed by atoms with Crippen LogP contribution in [0.4, 0.5) is 0 Å². The third-order valence-corrected chi connectivity index (χ3v) is 14.3. The average Bonchev–Trinajstić information content (AvgIpc) is 3.38. The summed E-state index contributed by atoms with van der Waals surface area (Å²) in [4.78, 5) is 13.2. The van der Waals surface area contributed by atoms with Crippen molar-refractivity contribution >= 4 is 5.91 Å². The fourth-order valence-corrected chi connectivity index (χ4v) is 9.58. The molecule has 0 aliphatic carbocycles. The third kappa shape index (κ3) is 23.8. The molecule has 17 unspecified atom stereocenters. The summed E-state index contributed by atoms with van der Waals surface area (Å²) in [6.07, 6.45) is 10.6. The molecule has 19 heteroatoms. The summed E-state index contributed by atoms with van der Waals surface area (Å²) in [5.41, 5.74) is 0. The largest absolute Gasteiger partial charge is 0.394 e. The Morgan fingerprint density at radius 2 is 0.904 bits per heavy atom. The van der Waals surface area contributed by atoms with Gasteiger partial charge in [-0.1, -0.05) is 154 Å². The van der Waals surface area contributed by atoms with Gasteiger partial charge in [0.05, 0.1) is 38.6 Å². The van der Waals surface area contributed by atoms with Crippen molar-refractivity contribution < 1.29 is 89.4 Å². The molecule has 3 saturated heterocycles. The lowest BCUT2D eigenvalue weighted by Crippen LogP contribution is -2.66. The van der Waals surface area contributed by atoms with Crippen LogP contribution in [0.5, 0.6) is 0 Å². The van der Waals surface area contributed by atoms with Crippen LogP contribution >= 0.6 is 0 Å². The Kier molecular flexibility index (Phi) is 34.8. The Hall–Kier alpha value is -1.73. The van der Waals surface area contributed by atoms with Crippen LogP contribution < -0.4 is 5.32 Å². The van der Waals surface area contributed by atoms with E-state index in [9.17, 15) is 61.0 Å². The van der Waals surface area contributed by atoms with Gasteiger partial charge in [-0.15, -0.1) is 0 Å². The number of rotatable bonds is 40. The number of carbonyl (C=O) groups excluding carboxylic acids is 1. The fourth-order valence-electron chi connectivity index (χ4n) is 9.58. The zero-order valence-corrected chi connectivity index (χ0v) is 44.1. The van der Waals surface area contributed by atoms with Gasteiger partial charge in [0.15, 0.2) is 18.9 Å². The Labute approximate surface area is 435 Å². The number of nitrogens with one attached hydrogen (secondary N) is 1. The van der Waals surface area contributed by atoms with Gasteiger partial charge in [-0.05, 0) is 44.9 Å². The molecule has 0 saturated carbocycles. The molecule has 3 aliphatic rings. The highest BCUT2D eigenvalue weighted by Crippen LogP contribution is 2.33. The number of carbonyl (C=O) groups is 1. The summed E-state index contributed by atoms with van der Waals surface area (Å²) in [7, 11) is 0. The minimum Gasteiger partial charge on any atom is -0.394 e. The van der Waals surface area contributed by atoms with Crippen LogP contribution in [0.3, 0.4) is 0 Å².